The second-order valence-corrected chi connectivity index (χ2v) is 6.52. The quantitative estimate of drug-likeness (QED) is 0.849. The fourth-order valence-electron chi connectivity index (χ4n) is 2.44. The molecule has 3 heterocycles. The summed E-state index contributed by atoms with van der Waals surface area (Å²) in [4.78, 5) is 18.6. The number of carbonyl (C=O) groups is 1. The fraction of sp³-hybridized carbons (Fsp3) is 0.467. The minimum absolute atomic E-state index is 0.0336. The average molecular weight is 348 g/mol. The Morgan fingerprint density at radius 2 is 2.21 bits per heavy atom. The van der Waals surface area contributed by atoms with Gasteiger partial charge in [0.15, 0.2) is 5.01 Å². The van der Waals surface area contributed by atoms with Crippen molar-refractivity contribution in [3.63, 3.8) is 0 Å². The summed E-state index contributed by atoms with van der Waals surface area (Å²) in [5.74, 6) is 0. The minimum atomic E-state index is -0.278. The highest BCUT2D eigenvalue weighted by molar-refractivity contribution is 7.18. The van der Waals surface area contributed by atoms with Crippen LogP contribution in [0.2, 0.25) is 0 Å². The molecule has 2 aromatic heterocycles. The first-order chi connectivity index (χ1) is 11.7. The van der Waals surface area contributed by atoms with Crippen molar-refractivity contribution in [3.05, 3.63) is 24.4 Å². The number of hydrogen-bond acceptors (Lipinski definition) is 7. The number of morpholine rings is 1. The second-order valence-electron chi connectivity index (χ2n) is 5.54. The minimum Gasteiger partial charge on any atom is -0.379 e. The van der Waals surface area contributed by atoms with E-state index < -0.39 is 0 Å². The number of nitrogens with zero attached hydrogens (tertiary/aromatic N) is 4. The van der Waals surface area contributed by atoms with E-state index in [-0.39, 0.29) is 12.1 Å². The van der Waals surface area contributed by atoms with Crippen LogP contribution in [0.25, 0.3) is 10.7 Å². The van der Waals surface area contributed by atoms with Gasteiger partial charge >= 0.3 is 6.03 Å². The molecular formula is C15H20N6O2S. The van der Waals surface area contributed by atoms with Crippen molar-refractivity contribution >= 4 is 22.5 Å². The number of rotatable bonds is 5. The largest absolute Gasteiger partial charge is 0.379 e. The predicted molar refractivity (Wildman–Crippen MR) is 92.0 cm³/mol. The molecule has 3 rings (SSSR count). The first-order valence-corrected chi connectivity index (χ1v) is 8.65. The van der Waals surface area contributed by atoms with Gasteiger partial charge in [-0.2, -0.15) is 0 Å². The number of aromatic nitrogens is 3. The highest BCUT2D eigenvalue weighted by atomic mass is 32.1. The molecule has 1 aliphatic rings. The number of amides is 2. The van der Waals surface area contributed by atoms with E-state index in [2.05, 4.69) is 30.7 Å². The SMILES string of the molecule is CC(CN1CCOCC1)NC(=O)Nc1nnc(-c2ccccn2)s1. The number of urea groups is 1. The third-order valence-electron chi connectivity index (χ3n) is 3.54. The zero-order chi connectivity index (χ0) is 16.8. The second kappa shape index (κ2) is 8.13. The molecule has 2 N–H and O–H groups in total. The standard InChI is InChI=1S/C15H20N6O2S/c1-11(10-21-6-8-23-9-7-21)17-14(22)18-15-20-19-13(24-15)12-4-2-3-5-16-12/h2-5,11H,6-10H2,1H3,(H2,17,18,20,22). The molecule has 0 aliphatic carbocycles. The van der Waals surface area contributed by atoms with Gasteiger partial charge in [-0.15, -0.1) is 10.2 Å². The lowest BCUT2D eigenvalue weighted by Crippen LogP contribution is -2.47. The molecule has 1 unspecified atom stereocenters. The molecule has 0 radical (unpaired) electrons. The molecule has 0 spiro atoms. The van der Waals surface area contributed by atoms with Crippen molar-refractivity contribution in [2.24, 2.45) is 0 Å². The Balaban J connectivity index is 1.49. The van der Waals surface area contributed by atoms with E-state index in [4.69, 9.17) is 4.74 Å². The van der Waals surface area contributed by atoms with Gasteiger partial charge in [-0.1, -0.05) is 17.4 Å². The van der Waals surface area contributed by atoms with Crippen molar-refractivity contribution in [2.75, 3.05) is 38.2 Å². The molecule has 9 heteroatoms. The van der Waals surface area contributed by atoms with Crippen LogP contribution in [0.15, 0.2) is 24.4 Å². The lowest BCUT2D eigenvalue weighted by Gasteiger charge is -2.29. The van der Waals surface area contributed by atoms with Crippen LogP contribution in [-0.4, -0.2) is 65.0 Å². The van der Waals surface area contributed by atoms with E-state index in [1.807, 2.05) is 25.1 Å². The normalized spacial score (nSPS) is 16.5. The van der Waals surface area contributed by atoms with Gasteiger partial charge in [0.2, 0.25) is 5.13 Å². The number of carbonyl (C=O) groups excluding carboxylic acids is 1. The van der Waals surface area contributed by atoms with Crippen LogP contribution >= 0.6 is 11.3 Å². The highest BCUT2D eigenvalue weighted by Crippen LogP contribution is 2.24. The maximum absolute atomic E-state index is 12.1. The van der Waals surface area contributed by atoms with E-state index in [1.54, 1.807) is 6.20 Å². The van der Waals surface area contributed by atoms with Gasteiger partial charge in [-0.05, 0) is 19.1 Å². The van der Waals surface area contributed by atoms with Gasteiger partial charge in [-0.25, -0.2) is 4.79 Å². The predicted octanol–water partition coefficient (Wildman–Crippen LogP) is 1.44. The van der Waals surface area contributed by atoms with Gasteiger partial charge < -0.3 is 10.1 Å². The van der Waals surface area contributed by atoms with Crippen molar-refractivity contribution in [1.82, 2.24) is 25.4 Å². The summed E-state index contributed by atoms with van der Waals surface area (Å²) in [6.07, 6.45) is 1.70. The molecule has 2 aromatic rings. The average Bonchev–Trinajstić information content (AvgIpc) is 3.04. The summed E-state index contributed by atoms with van der Waals surface area (Å²) in [7, 11) is 0. The van der Waals surface area contributed by atoms with Gasteiger partial charge in [0.1, 0.15) is 5.69 Å². The van der Waals surface area contributed by atoms with Crippen LogP contribution in [-0.2, 0) is 4.74 Å². The Labute approximate surface area is 144 Å². The number of hydrogen-bond donors (Lipinski definition) is 2. The molecule has 0 saturated carbocycles. The van der Waals surface area contributed by atoms with E-state index >= 15 is 0 Å². The molecule has 0 bridgehead atoms. The summed E-state index contributed by atoms with van der Waals surface area (Å²) in [6, 6.07) is 5.34. The molecule has 24 heavy (non-hydrogen) atoms. The van der Waals surface area contributed by atoms with Gasteiger partial charge in [0.05, 0.1) is 13.2 Å². The zero-order valence-electron chi connectivity index (χ0n) is 13.4. The fourth-order valence-corrected chi connectivity index (χ4v) is 3.16. The molecule has 2 amide bonds. The van der Waals surface area contributed by atoms with Crippen LogP contribution in [0.3, 0.4) is 0 Å². The summed E-state index contributed by atoms with van der Waals surface area (Å²) >= 11 is 1.29. The van der Waals surface area contributed by atoms with Crippen molar-refractivity contribution in [2.45, 2.75) is 13.0 Å². The Kier molecular flexibility index (Phi) is 5.68. The Bertz CT molecular complexity index is 659. The molecule has 1 fully saturated rings. The van der Waals surface area contributed by atoms with Crippen LogP contribution in [0.4, 0.5) is 9.93 Å². The first-order valence-electron chi connectivity index (χ1n) is 7.83. The molecule has 1 aliphatic heterocycles. The summed E-state index contributed by atoms with van der Waals surface area (Å²) in [5.41, 5.74) is 0.740. The van der Waals surface area contributed by atoms with Gasteiger partial charge in [0.25, 0.3) is 0 Å². The van der Waals surface area contributed by atoms with E-state index in [1.165, 1.54) is 11.3 Å². The van der Waals surface area contributed by atoms with E-state index in [0.717, 1.165) is 38.5 Å². The van der Waals surface area contributed by atoms with Crippen LogP contribution in [0.1, 0.15) is 6.92 Å². The lowest BCUT2D eigenvalue weighted by atomic mass is 10.3. The molecule has 1 atom stereocenters. The van der Waals surface area contributed by atoms with Crippen molar-refractivity contribution in [3.8, 4) is 10.7 Å². The molecule has 128 valence electrons. The molecular weight excluding hydrogens is 328 g/mol. The summed E-state index contributed by atoms with van der Waals surface area (Å²) in [5, 5.41) is 14.8. The monoisotopic (exact) mass is 348 g/mol. The Hall–Kier alpha value is -2.10. The van der Waals surface area contributed by atoms with Gasteiger partial charge in [0, 0.05) is 31.9 Å². The van der Waals surface area contributed by atoms with Crippen LogP contribution in [0.5, 0.6) is 0 Å². The van der Waals surface area contributed by atoms with E-state index in [9.17, 15) is 4.79 Å². The first kappa shape index (κ1) is 16.7. The van der Waals surface area contributed by atoms with Crippen molar-refractivity contribution < 1.29 is 9.53 Å². The van der Waals surface area contributed by atoms with Crippen molar-refractivity contribution in [1.29, 1.82) is 0 Å². The summed E-state index contributed by atoms with van der Waals surface area (Å²) in [6.45, 7) is 6.08. The molecule has 8 nitrogen and oxygen atoms in total. The maximum atomic E-state index is 12.1. The zero-order valence-corrected chi connectivity index (χ0v) is 14.3. The number of pyridine rings is 1. The Morgan fingerprint density at radius 1 is 1.38 bits per heavy atom. The third-order valence-corrected chi connectivity index (χ3v) is 4.40. The number of ether oxygens (including phenoxy) is 1. The maximum Gasteiger partial charge on any atom is 0.321 e. The third kappa shape index (κ3) is 4.70. The molecule has 0 aromatic carbocycles. The topological polar surface area (TPSA) is 92.3 Å². The number of nitrogens with one attached hydrogen (secondary N) is 2. The smallest absolute Gasteiger partial charge is 0.321 e. The molecule has 1 saturated heterocycles. The highest BCUT2D eigenvalue weighted by Gasteiger charge is 2.16. The van der Waals surface area contributed by atoms with E-state index in [0.29, 0.717) is 10.1 Å². The Morgan fingerprint density at radius 3 is 2.96 bits per heavy atom. The van der Waals surface area contributed by atoms with Crippen LogP contribution in [0, 0.1) is 0 Å². The van der Waals surface area contributed by atoms with Crippen LogP contribution < -0.4 is 10.6 Å². The lowest BCUT2D eigenvalue weighted by molar-refractivity contribution is 0.0350. The number of anilines is 1. The van der Waals surface area contributed by atoms with Gasteiger partial charge in [-0.3, -0.25) is 15.2 Å². The summed E-state index contributed by atoms with van der Waals surface area (Å²) < 4.78 is 5.32.